The molecule has 30 heavy (non-hydrogen) atoms. The van der Waals surface area contributed by atoms with Crippen molar-refractivity contribution in [3.63, 3.8) is 0 Å². The van der Waals surface area contributed by atoms with Crippen molar-refractivity contribution in [1.82, 2.24) is 19.1 Å². The molecule has 6 nitrogen and oxygen atoms in total. The van der Waals surface area contributed by atoms with Gasteiger partial charge >= 0.3 is 6.18 Å². The largest absolute Gasteiger partial charge is 0.433 e. The fourth-order valence-electron chi connectivity index (χ4n) is 3.49. The zero-order valence-electron chi connectivity index (χ0n) is 15.6. The van der Waals surface area contributed by atoms with E-state index in [1.807, 2.05) is 0 Å². The van der Waals surface area contributed by atoms with Crippen molar-refractivity contribution in [2.75, 3.05) is 13.1 Å². The molecule has 3 heterocycles. The van der Waals surface area contributed by atoms with Gasteiger partial charge in [0.1, 0.15) is 29.8 Å². The minimum Gasteiger partial charge on any atom is -0.335 e. The van der Waals surface area contributed by atoms with Gasteiger partial charge < -0.3 is 4.90 Å². The van der Waals surface area contributed by atoms with Gasteiger partial charge in [0.15, 0.2) is 0 Å². The quantitative estimate of drug-likeness (QED) is 0.584. The first-order valence-electron chi connectivity index (χ1n) is 8.87. The number of rotatable bonds is 3. The molecular weight excluding hydrogens is 428 g/mol. The summed E-state index contributed by atoms with van der Waals surface area (Å²) in [6, 6.07) is 6.87. The second-order valence-corrected chi connectivity index (χ2v) is 7.88. The fraction of sp³-hybridized carbons (Fsp3) is 0.316. The van der Waals surface area contributed by atoms with Gasteiger partial charge in [0, 0.05) is 10.6 Å². The first kappa shape index (κ1) is 20.4. The van der Waals surface area contributed by atoms with Crippen LogP contribution < -0.4 is 5.56 Å². The van der Waals surface area contributed by atoms with Crippen LogP contribution in [0, 0.1) is 0 Å². The molecule has 2 aromatic heterocycles. The predicted octanol–water partition coefficient (Wildman–Crippen LogP) is 3.41. The number of aromatic nitrogens is 3. The van der Waals surface area contributed by atoms with Gasteiger partial charge in [0.05, 0.1) is 13.1 Å². The van der Waals surface area contributed by atoms with Crippen molar-refractivity contribution >= 4 is 23.0 Å². The van der Waals surface area contributed by atoms with Crippen LogP contribution in [0.5, 0.6) is 0 Å². The molecule has 0 bridgehead atoms. The number of carbonyl (C=O) groups excluding carboxylic acids is 1. The maximum Gasteiger partial charge on any atom is 0.433 e. The summed E-state index contributed by atoms with van der Waals surface area (Å²) in [5.74, 6) is -0.523. The van der Waals surface area contributed by atoms with Crippen molar-refractivity contribution in [2.45, 2.75) is 25.3 Å². The average Bonchev–Trinajstić information content (AvgIpc) is 3.02. The monoisotopic (exact) mass is 442 g/mol. The van der Waals surface area contributed by atoms with E-state index < -0.39 is 35.6 Å². The molecule has 3 aromatic rings. The molecule has 0 saturated carbocycles. The van der Waals surface area contributed by atoms with Crippen molar-refractivity contribution in [3.8, 4) is 11.1 Å². The van der Waals surface area contributed by atoms with Crippen LogP contribution in [0.1, 0.15) is 12.6 Å². The molecule has 1 aliphatic heterocycles. The Hall–Kier alpha value is -2.88. The third-order valence-electron chi connectivity index (χ3n) is 4.87. The van der Waals surface area contributed by atoms with E-state index in [-0.39, 0.29) is 29.2 Å². The summed E-state index contributed by atoms with van der Waals surface area (Å²) >= 11 is 5.95. The van der Waals surface area contributed by atoms with Crippen LogP contribution in [0.15, 0.2) is 41.5 Å². The van der Waals surface area contributed by atoms with Crippen molar-refractivity contribution in [2.24, 2.45) is 0 Å². The van der Waals surface area contributed by atoms with E-state index in [4.69, 9.17) is 11.6 Å². The van der Waals surface area contributed by atoms with E-state index in [0.717, 1.165) is 17.0 Å². The molecule has 1 aliphatic rings. The number of nitrogens with zero attached hydrogens (tertiary/aromatic N) is 4. The van der Waals surface area contributed by atoms with Gasteiger partial charge in [-0.3, -0.25) is 14.2 Å². The molecule has 1 saturated heterocycles. The Labute approximate surface area is 172 Å². The van der Waals surface area contributed by atoms with E-state index in [2.05, 4.69) is 5.10 Å². The SMILES string of the molecule is CC1(F)CN(C(=O)Cn2cnn3c(C(F)(F)F)cc(-c4cccc(Cl)c4)c3c2=O)C1. The standard InChI is InChI=1S/C19H15ClF4N4O2/c1-18(21)8-27(9-18)15(29)7-26-10-25-28-14(19(22,23)24)6-13(16(28)17(26)30)11-3-2-4-12(20)5-11/h2-6,10H,7-9H2,1H3. The second-order valence-electron chi connectivity index (χ2n) is 7.44. The third-order valence-corrected chi connectivity index (χ3v) is 5.11. The lowest BCUT2D eigenvalue weighted by molar-refractivity contribution is -0.145. The molecule has 1 aromatic carbocycles. The van der Waals surface area contributed by atoms with Crippen molar-refractivity contribution in [3.05, 3.63) is 57.7 Å². The third kappa shape index (κ3) is 3.55. The molecule has 0 spiro atoms. The fourth-order valence-corrected chi connectivity index (χ4v) is 3.68. The van der Waals surface area contributed by atoms with E-state index >= 15 is 0 Å². The highest BCUT2D eigenvalue weighted by Crippen LogP contribution is 2.35. The maximum absolute atomic E-state index is 13.6. The molecular formula is C19H15ClF4N4O2. The number of benzene rings is 1. The van der Waals surface area contributed by atoms with Crippen LogP contribution in [0.2, 0.25) is 5.02 Å². The van der Waals surface area contributed by atoms with Gasteiger partial charge in [-0.05, 0) is 30.7 Å². The zero-order chi connectivity index (χ0) is 21.8. The normalized spacial score (nSPS) is 16.0. The lowest BCUT2D eigenvalue weighted by Crippen LogP contribution is -2.60. The molecule has 0 radical (unpaired) electrons. The minimum absolute atomic E-state index is 0.00981. The number of fused-ring (bicyclic) bond motifs is 1. The van der Waals surface area contributed by atoms with E-state index in [1.54, 1.807) is 12.1 Å². The lowest BCUT2D eigenvalue weighted by atomic mass is 9.99. The van der Waals surface area contributed by atoms with Crippen LogP contribution in [0.25, 0.3) is 16.6 Å². The lowest BCUT2D eigenvalue weighted by Gasteiger charge is -2.42. The molecule has 0 N–H and O–H groups in total. The van der Waals surface area contributed by atoms with Crippen molar-refractivity contribution in [1.29, 1.82) is 0 Å². The summed E-state index contributed by atoms with van der Waals surface area (Å²) in [5, 5.41) is 4.03. The van der Waals surface area contributed by atoms with Crippen LogP contribution in [-0.2, 0) is 17.5 Å². The smallest absolute Gasteiger partial charge is 0.335 e. The summed E-state index contributed by atoms with van der Waals surface area (Å²) in [7, 11) is 0. The van der Waals surface area contributed by atoms with Gasteiger partial charge in [-0.1, -0.05) is 23.7 Å². The Morgan fingerprint density at radius 3 is 2.57 bits per heavy atom. The second kappa shape index (κ2) is 6.83. The highest BCUT2D eigenvalue weighted by Gasteiger charge is 2.41. The van der Waals surface area contributed by atoms with Gasteiger partial charge in [0.2, 0.25) is 5.91 Å². The Balaban J connectivity index is 1.82. The Kier molecular flexibility index (Phi) is 4.64. The van der Waals surface area contributed by atoms with E-state index in [0.29, 0.717) is 10.1 Å². The molecule has 0 aliphatic carbocycles. The predicted molar refractivity (Wildman–Crippen MR) is 101 cm³/mol. The first-order chi connectivity index (χ1) is 14.0. The summed E-state index contributed by atoms with van der Waals surface area (Å²) in [4.78, 5) is 26.5. The number of halogens is 5. The summed E-state index contributed by atoms with van der Waals surface area (Å²) < 4.78 is 55.6. The topological polar surface area (TPSA) is 59.6 Å². The van der Waals surface area contributed by atoms with E-state index in [1.165, 1.54) is 24.0 Å². The first-order valence-corrected chi connectivity index (χ1v) is 9.25. The number of alkyl halides is 4. The van der Waals surface area contributed by atoms with Crippen LogP contribution in [0.4, 0.5) is 17.6 Å². The average molecular weight is 443 g/mol. The molecule has 0 unspecified atom stereocenters. The number of hydrogen-bond acceptors (Lipinski definition) is 3. The number of hydrogen-bond donors (Lipinski definition) is 0. The van der Waals surface area contributed by atoms with Crippen LogP contribution >= 0.6 is 11.6 Å². The van der Waals surface area contributed by atoms with Crippen LogP contribution in [0.3, 0.4) is 0 Å². The Bertz CT molecular complexity index is 1210. The zero-order valence-corrected chi connectivity index (χ0v) is 16.3. The number of amides is 1. The summed E-state index contributed by atoms with van der Waals surface area (Å²) in [6.45, 7) is 0.688. The Morgan fingerprint density at radius 1 is 1.27 bits per heavy atom. The van der Waals surface area contributed by atoms with Gasteiger partial charge in [-0.2, -0.15) is 18.3 Å². The Morgan fingerprint density at radius 2 is 1.97 bits per heavy atom. The molecule has 1 fully saturated rings. The highest BCUT2D eigenvalue weighted by molar-refractivity contribution is 6.30. The van der Waals surface area contributed by atoms with Gasteiger partial charge in [0.25, 0.3) is 5.56 Å². The molecule has 158 valence electrons. The molecule has 11 heteroatoms. The number of carbonyl (C=O) groups is 1. The highest BCUT2D eigenvalue weighted by atomic mass is 35.5. The summed E-state index contributed by atoms with van der Waals surface area (Å²) in [6.07, 6.45) is -3.89. The number of likely N-dealkylation sites (tertiary alicyclic amines) is 1. The minimum atomic E-state index is -4.76. The van der Waals surface area contributed by atoms with Crippen LogP contribution in [-0.4, -0.2) is 43.7 Å². The van der Waals surface area contributed by atoms with Gasteiger partial charge in [-0.25, -0.2) is 8.91 Å². The maximum atomic E-state index is 13.6. The van der Waals surface area contributed by atoms with E-state index in [9.17, 15) is 27.2 Å². The molecule has 4 rings (SSSR count). The molecule has 1 amide bonds. The summed E-state index contributed by atoms with van der Waals surface area (Å²) in [5.41, 5.74) is -3.48. The van der Waals surface area contributed by atoms with Gasteiger partial charge in [-0.15, -0.1) is 0 Å². The van der Waals surface area contributed by atoms with Crippen molar-refractivity contribution < 1.29 is 22.4 Å². The molecule has 0 atom stereocenters.